The number of aromatic carboxylic acids is 1. The molecule has 0 spiro atoms. The van der Waals surface area contributed by atoms with Crippen molar-refractivity contribution in [1.29, 1.82) is 0 Å². The second kappa shape index (κ2) is 6.05. The number of nitrogens with zero attached hydrogens (tertiary/aromatic N) is 1. The van der Waals surface area contributed by atoms with Crippen LogP contribution in [0, 0.1) is 0 Å². The maximum Gasteiger partial charge on any atom is 0.339 e. The predicted octanol–water partition coefficient (Wildman–Crippen LogP) is 2.00. The van der Waals surface area contributed by atoms with Crippen LogP contribution in [0.15, 0.2) is 29.2 Å². The van der Waals surface area contributed by atoms with Gasteiger partial charge in [0.25, 0.3) is 0 Å². The van der Waals surface area contributed by atoms with Crippen LogP contribution in [0.1, 0.15) is 16.8 Å². The number of hydrogen-bond acceptors (Lipinski definition) is 4. The number of benzene rings is 1. The number of carboxylic acid groups (broad SMARTS) is 1. The number of methoxy groups -OCH3 is 1. The minimum atomic E-state index is -3.87. The molecule has 0 amide bonds. The van der Waals surface area contributed by atoms with Gasteiger partial charge < -0.3 is 9.84 Å². The molecule has 114 valence electrons. The fourth-order valence-electron chi connectivity index (χ4n) is 2.11. The summed E-state index contributed by atoms with van der Waals surface area (Å²) in [6.07, 6.45) is 4.24. The van der Waals surface area contributed by atoms with E-state index in [9.17, 15) is 13.2 Å². The lowest BCUT2D eigenvalue weighted by Gasteiger charge is -2.24. The van der Waals surface area contributed by atoms with E-state index in [2.05, 4.69) is 0 Å². The summed E-state index contributed by atoms with van der Waals surface area (Å²) in [5, 5.41) is 9.19. The molecule has 1 N–H and O–H groups in total. The quantitative estimate of drug-likeness (QED) is 0.853. The molecule has 8 heteroatoms. The third-order valence-electron chi connectivity index (χ3n) is 3.09. The number of carbonyl (C=O) groups is 1. The van der Waals surface area contributed by atoms with Gasteiger partial charge in [-0.2, -0.15) is 4.31 Å². The first-order valence-electron chi connectivity index (χ1n) is 6.14. The van der Waals surface area contributed by atoms with Crippen molar-refractivity contribution in [2.75, 3.05) is 20.2 Å². The van der Waals surface area contributed by atoms with Crippen LogP contribution in [0.4, 0.5) is 0 Å². The Morgan fingerprint density at radius 1 is 1.38 bits per heavy atom. The van der Waals surface area contributed by atoms with E-state index in [1.807, 2.05) is 6.08 Å². The highest BCUT2D eigenvalue weighted by molar-refractivity contribution is 7.89. The largest absolute Gasteiger partial charge is 0.494 e. The summed E-state index contributed by atoms with van der Waals surface area (Å²) in [7, 11) is -2.65. The lowest BCUT2D eigenvalue weighted by atomic mass is 10.2. The van der Waals surface area contributed by atoms with Crippen LogP contribution >= 0.6 is 11.6 Å². The average molecular weight is 332 g/mol. The van der Waals surface area contributed by atoms with Crippen LogP contribution in [0.25, 0.3) is 0 Å². The molecule has 1 aliphatic heterocycles. The van der Waals surface area contributed by atoms with E-state index >= 15 is 0 Å². The molecule has 1 heterocycles. The summed E-state index contributed by atoms with van der Waals surface area (Å²) >= 11 is 5.85. The smallest absolute Gasteiger partial charge is 0.339 e. The van der Waals surface area contributed by atoms with Crippen LogP contribution < -0.4 is 4.74 Å². The van der Waals surface area contributed by atoms with Gasteiger partial charge in [-0.15, -0.1) is 0 Å². The van der Waals surface area contributed by atoms with Crippen molar-refractivity contribution >= 4 is 27.6 Å². The van der Waals surface area contributed by atoms with E-state index in [0.29, 0.717) is 13.0 Å². The molecule has 0 unspecified atom stereocenters. The van der Waals surface area contributed by atoms with Crippen molar-refractivity contribution in [3.8, 4) is 5.75 Å². The Morgan fingerprint density at radius 2 is 2.10 bits per heavy atom. The lowest BCUT2D eigenvalue weighted by molar-refractivity contribution is 0.0693. The van der Waals surface area contributed by atoms with Crippen molar-refractivity contribution in [3.63, 3.8) is 0 Å². The number of ether oxygens (including phenoxy) is 1. The molecule has 1 aromatic carbocycles. The molecule has 6 nitrogen and oxygen atoms in total. The molecule has 0 atom stereocenters. The average Bonchev–Trinajstić information content (AvgIpc) is 2.47. The molecule has 0 saturated carbocycles. The van der Waals surface area contributed by atoms with Crippen LogP contribution in [0.5, 0.6) is 5.75 Å². The molecule has 0 aromatic heterocycles. The Bertz CT molecular complexity index is 699. The fraction of sp³-hybridized carbons (Fsp3) is 0.308. The molecule has 0 radical (unpaired) electrons. The summed E-state index contributed by atoms with van der Waals surface area (Å²) < 4.78 is 31.6. The van der Waals surface area contributed by atoms with Gasteiger partial charge in [0.15, 0.2) is 5.75 Å². The standard InChI is InChI=1S/C13H14ClNO5S/c1-20-12-10(13(16)17)7-9(14)8-11(12)21(18,19)15-5-3-2-4-6-15/h2-3,7-8H,4-6H2,1H3,(H,16,17). The summed E-state index contributed by atoms with van der Waals surface area (Å²) in [5.41, 5.74) is -0.281. The zero-order chi connectivity index (χ0) is 15.6. The Hall–Kier alpha value is -1.57. The van der Waals surface area contributed by atoms with Gasteiger partial charge in [0, 0.05) is 18.1 Å². The molecular weight excluding hydrogens is 318 g/mol. The minimum absolute atomic E-state index is 0.0272. The topological polar surface area (TPSA) is 83.9 Å². The van der Waals surface area contributed by atoms with Crippen LogP contribution in [-0.2, 0) is 10.0 Å². The molecule has 21 heavy (non-hydrogen) atoms. The van der Waals surface area contributed by atoms with Crippen LogP contribution in [0.3, 0.4) is 0 Å². The number of rotatable bonds is 4. The third kappa shape index (κ3) is 3.04. The monoisotopic (exact) mass is 331 g/mol. The van der Waals surface area contributed by atoms with Gasteiger partial charge in [-0.3, -0.25) is 0 Å². The number of halogens is 1. The zero-order valence-corrected chi connectivity index (χ0v) is 12.8. The van der Waals surface area contributed by atoms with Crippen molar-refractivity contribution < 1.29 is 23.1 Å². The molecular formula is C13H14ClNO5S. The van der Waals surface area contributed by atoms with E-state index in [1.54, 1.807) is 6.08 Å². The van der Waals surface area contributed by atoms with Gasteiger partial charge in [-0.1, -0.05) is 23.8 Å². The second-order valence-corrected chi connectivity index (χ2v) is 6.76. The van der Waals surface area contributed by atoms with E-state index in [0.717, 1.165) is 6.07 Å². The van der Waals surface area contributed by atoms with E-state index in [1.165, 1.54) is 17.5 Å². The first kappa shape index (κ1) is 15.8. The highest BCUT2D eigenvalue weighted by Gasteiger charge is 2.31. The lowest BCUT2D eigenvalue weighted by Crippen LogP contribution is -2.34. The third-order valence-corrected chi connectivity index (χ3v) is 5.18. The summed E-state index contributed by atoms with van der Waals surface area (Å²) in [5.74, 6) is -1.51. The van der Waals surface area contributed by atoms with E-state index in [-0.39, 0.29) is 27.8 Å². The van der Waals surface area contributed by atoms with Gasteiger partial charge >= 0.3 is 5.97 Å². The predicted molar refractivity (Wildman–Crippen MR) is 77.5 cm³/mol. The minimum Gasteiger partial charge on any atom is -0.494 e. The maximum atomic E-state index is 12.7. The molecule has 0 bridgehead atoms. The zero-order valence-electron chi connectivity index (χ0n) is 11.2. The van der Waals surface area contributed by atoms with Gasteiger partial charge in [0.2, 0.25) is 10.0 Å². The van der Waals surface area contributed by atoms with Crippen molar-refractivity contribution in [1.82, 2.24) is 4.31 Å². The fourth-order valence-corrected chi connectivity index (χ4v) is 4.00. The first-order chi connectivity index (χ1) is 9.87. The van der Waals surface area contributed by atoms with E-state index < -0.39 is 16.0 Å². The summed E-state index contributed by atoms with van der Waals surface area (Å²) in [6, 6.07) is 2.37. The van der Waals surface area contributed by atoms with Gasteiger partial charge in [-0.25, -0.2) is 13.2 Å². The van der Waals surface area contributed by atoms with Crippen molar-refractivity contribution in [2.45, 2.75) is 11.3 Å². The maximum absolute atomic E-state index is 12.7. The Kier molecular flexibility index (Phi) is 4.55. The Labute approximate surface area is 127 Å². The van der Waals surface area contributed by atoms with Gasteiger partial charge in [0.1, 0.15) is 10.5 Å². The number of carboxylic acids is 1. The number of hydrogen-bond donors (Lipinski definition) is 1. The van der Waals surface area contributed by atoms with Crippen molar-refractivity contribution in [2.24, 2.45) is 0 Å². The second-order valence-electron chi connectivity index (χ2n) is 4.41. The molecule has 0 fully saturated rings. The normalized spacial score (nSPS) is 15.9. The van der Waals surface area contributed by atoms with Crippen LogP contribution in [0.2, 0.25) is 5.02 Å². The van der Waals surface area contributed by atoms with E-state index in [4.69, 9.17) is 21.4 Å². The SMILES string of the molecule is COc1c(C(=O)O)cc(Cl)cc1S(=O)(=O)N1CC=CCC1. The molecule has 1 aromatic rings. The highest BCUT2D eigenvalue weighted by Crippen LogP contribution is 2.34. The summed E-state index contributed by atoms with van der Waals surface area (Å²) in [6.45, 7) is 0.567. The number of sulfonamides is 1. The highest BCUT2D eigenvalue weighted by atomic mass is 35.5. The molecule has 0 saturated heterocycles. The molecule has 1 aliphatic rings. The van der Waals surface area contributed by atoms with Gasteiger partial charge in [-0.05, 0) is 18.6 Å². The van der Waals surface area contributed by atoms with Gasteiger partial charge in [0.05, 0.1) is 7.11 Å². The Balaban J connectivity index is 2.62. The molecule has 0 aliphatic carbocycles. The Morgan fingerprint density at radius 3 is 2.62 bits per heavy atom. The summed E-state index contributed by atoms with van der Waals surface area (Å²) in [4.78, 5) is 11.0. The van der Waals surface area contributed by atoms with Crippen molar-refractivity contribution in [3.05, 3.63) is 34.9 Å². The van der Waals surface area contributed by atoms with Crippen LogP contribution in [-0.4, -0.2) is 44.0 Å². The first-order valence-corrected chi connectivity index (χ1v) is 7.95. The molecule has 2 rings (SSSR count).